The van der Waals surface area contributed by atoms with Gasteiger partial charge >= 0.3 is 35.8 Å². The predicted octanol–water partition coefficient (Wildman–Crippen LogP) is 32.6. The molecule has 846 valence electrons. The van der Waals surface area contributed by atoms with Crippen LogP contribution < -0.4 is 0 Å². The fourth-order valence-corrected chi connectivity index (χ4v) is 22.4. The van der Waals surface area contributed by atoms with E-state index in [1.165, 1.54) is 212 Å². The van der Waals surface area contributed by atoms with Crippen LogP contribution in [0.4, 0.5) is 0 Å². The largest absolute Gasteiger partial charge is 0.462 e. The van der Waals surface area contributed by atoms with Crippen LogP contribution in [0.15, 0.2) is 24.3 Å². The first-order valence-corrected chi connectivity index (χ1v) is 62.1. The van der Waals surface area contributed by atoms with Gasteiger partial charge < -0.3 is 57.8 Å². The van der Waals surface area contributed by atoms with Gasteiger partial charge in [0.05, 0.1) is 0 Å². The van der Waals surface area contributed by atoms with E-state index in [0.717, 1.165) is 309 Å². The van der Waals surface area contributed by atoms with E-state index in [0.29, 0.717) is 80.8 Å². The molecule has 5 unspecified atom stereocenters. The topological polar surface area (TPSA) is 177 Å². The van der Waals surface area contributed by atoms with Gasteiger partial charge in [-0.15, -0.1) is 0 Å². The predicted molar refractivity (Wildman–Crippen MR) is 611 cm³/mol. The van der Waals surface area contributed by atoms with E-state index >= 15 is 0 Å². The maximum absolute atomic E-state index is 13.6. The summed E-state index contributed by atoms with van der Waals surface area (Å²) < 4.78 is 35.9. The number of ether oxygens (including phenoxy) is 6. The number of rotatable bonds is 101. The van der Waals surface area contributed by atoms with Crippen molar-refractivity contribution in [3.05, 3.63) is 24.3 Å². The molecule has 2 rings (SSSR count). The van der Waals surface area contributed by atoms with Crippen LogP contribution in [0.2, 0.25) is 0 Å². The number of carbonyl (C=O) groups excluding carboxylic acids is 6. The molecule has 0 radical (unpaired) electrons. The van der Waals surface area contributed by atoms with E-state index in [4.69, 9.17) is 28.4 Å². The van der Waals surface area contributed by atoms with Crippen LogP contribution in [0.1, 0.15) is 551 Å². The van der Waals surface area contributed by atoms with Crippen molar-refractivity contribution in [2.75, 3.05) is 134 Å². The smallest absolute Gasteiger partial charge is 0.306 e. The monoisotopic (exact) mass is 2030 g/mol. The lowest BCUT2D eigenvalue weighted by Gasteiger charge is -2.40. The summed E-state index contributed by atoms with van der Waals surface area (Å²) >= 11 is 0. The SMILES string of the molecule is CCCCCCCC/C=C/COC(=O)CCCCCCCN(CCCCCCCC(=O)OC/C=C/CCC(CCCCC)C(CCC)CC(CCCC)OC(=O)CCCCCCCN(CCCCCCCC(=O)OC(CCCCC)CCC(C)CC(C)(C)C1CCC(OC(=O)CCCCCCCCCN(CCCCCCCCCC(=O)OC2CCC(C(C)(C)C)CC2)CCN(C)C)CC1)CCN(C)C)CCN(C)C. The Bertz CT molecular complexity index is 3030. The Labute approximate surface area is 891 Å². The molecule has 144 heavy (non-hydrogen) atoms. The molecule has 5 atom stereocenters. The Morgan fingerprint density at radius 3 is 0.972 bits per heavy atom. The van der Waals surface area contributed by atoms with E-state index < -0.39 is 0 Å². The molecular formula is C126H240N6O12. The molecule has 0 aromatic rings. The number of hydrogen-bond acceptors (Lipinski definition) is 18. The summed E-state index contributed by atoms with van der Waals surface area (Å²) in [5, 5.41) is 0. The maximum atomic E-state index is 13.6. The molecule has 0 aromatic heterocycles. The van der Waals surface area contributed by atoms with Gasteiger partial charge in [-0.2, -0.15) is 0 Å². The molecule has 2 aliphatic rings. The van der Waals surface area contributed by atoms with Gasteiger partial charge in [0.15, 0.2) is 0 Å². The summed E-state index contributed by atoms with van der Waals surface area (Å²) in [5.41, 5.74) is 0.553. The molecule has 0 heterocycles. The van der Waals surface area contributed by atoms with Gasteiger partial charge in [0.25, 0.3) is 0 Å². The highest BCUT2D eigenvalue weighted by Gasteiger charge is 2.37. The maximum Gasteiger partial charge on any atom is 0.306 e. The Balaban J connectivity index is 1.64. The minimum atomic E-state index is -0.0925. The van der Waals surface area contributed by atoms with Crippen molar-refractivity contribution in [3.63, 3.8) is 0 Å². The third kappa shape index (κ3) is 80.9. The van der Waals surface area contributed by atoms with Gasteiger partial charge in [-0.3, -0.25) is 28.8 Å². The average molecular weight is 2030 g/mol. The lowest BCUT2D eigenvalue weighted by atomic mass is 9.66. The lowest BCUT2D eigenvalue weighted by molar-refractivity contribution is -0.152. The Hall–Kier alpha value is -3.94. The highest BCUT2D eigenvalue weighted by Crippen LogP contribution is 2.45. The first kappa shape index (κ1) is 136. The van der Waals surface area contributed by atoms with Gasteiger partial charge in [-0.05, 0) is 321 Å². The number of carbonyl (C=O) groups is 6. The van der Waals surface area contributed by atoms with Crippen LogP contribution in [0.3, 0.4) is 0 Å². The summed E-state index contributed by atoms with van der Waals surface area (Å²) in [6.07, 6.45) is 88.8. The quantitative estimate of drug-likeness (QED) is 0.0243. The highest BCUT2D eigenvalue weighted by molar-refractivity contribution is 5.71. The van der Waals surface area contributed by atoms with Crippen molar-refractivity contribution in [2.45, 2.75) is 576 Å². The number of allylic oxidation sites excluding steroid dienone is 2. The van der Waals surface area contributed by atoms with Gasteiger partial charge in [0, 0.05) is 77.8 Å². The van der Waals surface area contributed by atoms with Crippen molar-refractivity contribution in [2.24, 2.45) is 40.4 Å². The Morgan fingerprint density at radius 2 is 0.597 bits per heavy atom. The molecule has 2 saturated carbocycles. The number of unbranched alkanes of at least 4 members (excludes halogenated alkanes) is 39. The molecule has 0 bridgehead atoms. The van der Waals surface area contributed by atoms with Crippen LogP contribution in [0, 0.1) is 40.4 Å². The summed E-state index contributed by atoms with van der Waals surface area (Å²) in [5.74, 6) is 2.84. The fraction of sp³-hybridized carbons (Fsp3) is 0.921. The average Bonchev–Trinajstić information content (AvgIpc) is 0.835. The Kier molecular flexibility index (Phi) is 87.7. The van der Waals surface area contributed by atoms with Crippen LogP contribution in [0.5, 0.6) is 0 Å². The van der Waals surface area contributed by atoms with E-state index in [2.05, 4.69) is 166 Å². The normalized spacial score (nSPS) is 16.6. The third-order valence-electron chi connectivity index (χ3n) is 32.0. The van der Waals surface area contributed by atoms with Gasteiger partial charge in [-0.1, -0.05) is 338 Å². The molecule has 0 aromatic carbocycles. The first-order chi connectivity index (χ1) is 69.6. The molecule has 0 saturated heterocycles. The zero-order valence-electron chi connectivity index (χ0n) is 98.3. The zero-order chi connectivity index (χ0) is 105. The second-order valence-corrected chi connectivity index (χ2v) is 48.0. The molecule has 2 fully saturated rings. The number of esters is 6. The van der Waals surface area contributed by atoms with Crippen molar-refractivity contribution < 1.29 is 57.2 Å². The number of nitrogens with zero attached hydrogens (tertiary/aromatic N) is 6. The second-order valence-electron chi connectivity index (χ2n) is 48.0. The molecule has 0 N–H and O–H groups in total. The van der Waals surface area contributed by atoms with Crippen LogP contribution in [0.25, 0.3) is 0 Å². The molecule has 18 heteroatoms. The number of hydrogen-bond donors (Lipinski definition) is 0. The third-order valence-corrected chi connectivity index (χ3v) is 32.0. The van der Waals surface area contributed by atoms with Crippen molar-refractivity contribution in [1.82, 2.24) is 29.4 Å². The van der Waals surface area contributed by atoms with Gasteiger partial charge in [0.1, 0.15) is 37.6 Å². The van der Waals surface area contributed by atoms with E-state index in [1.807, 2.05) is 6.08 Å². The highest BCUT2D eigenvalue weighted by atomic mass is 16.6. The molecule has 18 nitrogen and oxygen atoms in total. The molecule has 2 aliphatic carbocycles. The molecule has 0 amide bonds. The van der Waals surface area contributed by atoms with Crippen LogP contribution in [-0.4, -0.2) is 224 Å². The van der Waals surface area contributed by atoms with Crippen molar-refractivity contribution in [3.8, 4) is 0 Å². The zero-order valence-corrected chi connectivity index (χ0v) is 98.3. The van der Waals surface area contributed by atoms with Gasteiger partial charge in [-0.25, -0.2) is 0 Å². The summed E-state index contributed by atoms with van der Waals surface area (Å²) in [4.78, 5) is 92.6. The minimum absolute atomic E-state index is 0.00173. The molecular weight excluding hydrogens is 1790 g/mol. The summed E-state index contributed by atoms with van der Waals surface area (Å²) in [7, 11) is 13.0. The minimum Gasteiger partial charge on any atom is -0.462 e. The first-order valence-electron chi connectivity index (χ1n) is 62.1. The number of likely N-dealkylation sites (N-methyl/N-ethyl adjacent to an activating group) is 3. The van der Waals surface area contributed by atoms with Crippen molar-refractivity contribution >= 4 is 35.8 Å². The second kappa shape index (κ2) is 92.7. The lowest BCUT2D eigenvalue weighted by Crippen LogP contribution is -2.33. The van der Waals surface area contributed by atoms with E-state index in [9.17, 15) is 28.8 Å². The fourth-order valence-electron chi connectivity index (χ4n) is 22.4. The molecule has 0 aliphatic heterocycles. The Morgan fingerprint density at radius 1 is 0.278 bits per heavy atom. The summed E-state index contributed by atoms with van der Waals surface area (Å²) in [6.45, 7) is 39.8. The van der Waals surface area contributed by atoms with E-state index in [-0.39, 0.29) is 65.6 Å². The van der Waals surface area contributed by atoms with E-state index in [1.54, 1.807) is 0 Å². The van der Waals surface area contributed by atoms with Crippen molar-refractivity contribution in [1.29, 1.82) is 0 Å². The van der Waals surface area contributed by atoms with Crippen LogP contribution >= 0.6 is 0 Å². The molecule has 0 spiro atoms. The van der Waals surface area contributed by atoms with Gasteiger partial charge in [0.2, 0.25) is 0 Å². The standard InChI is InChI=1S/C126H240N6O12/c1-18-23-27-28-29-30-37-54-71-106-139-119(133)78-59-44-38-50-67-96-131(104-101-128(14)15)97-68-51-39-45-60-79-120(134)140-107-72-55-58-75-111(74-56-24-19-2)112(73-22-5)108-118(76-26-21-4)144-124(138)83-64-47-41-53-70-99-132(105-102-129(16)17)98-69-52-40-46-63-80-121(135)141-115(77-57-25-20-3)89-84-110(6)109-126(10,11)114-87-92-117(93-88-114)143-123(137)82-62-43-34-32-36-49-66-95-130(103-100-127(12)13)94-65-48-35-31-33-42-61-81-122(136)142-116-90-85-113(86-91-116)125(7,8)9/h54-55,71-72,110-118H,18-53,56-70,73-109H2,1-17H3/b71-54+,72-55+. The van der Waals surface area contributed by atoms with Crippen LogP contribution in [-0.2, 0) is 57.2 Å². The summed E-state index contributed by atoms with van der Waals surface area (Å²) in [6, 6.07) is 0.